The molecule has 0 aliphatic heterocycles. The Morgan fingerprint density at radius 2 is 2.09 bits per heavy atom. The molecule has 0 aromatic rings. The van der Waals surface area contributed by atoms with Gasteiger partial charge in [0.05, 0.1) is 5.54 Å². The third kappa shape index (κ3) is 4.86. The van der Waals surface area contributed by atoms with Crippen molar-refractivity contribution in [1.29, 1.82) is 0 Å². The molecule has 1 N–H and O–H groups in total. The highest BCUT2D eigenvalue weighted by molar-refractivity contribution is 5.07. The molecule has 1 atom stereocenters. The van der Waals surface area contributed by atoms with Gasteiger partial charge in [0.1, 0.15) is 0 Å². The van der Waals surface area contributed by atoms with Crippen LogP contribution in [0.25, 0.3) is 0 Å². The largest absolute Gasteiger partial charge is 0.301 e. The van der Waals surface area contributed by atoms with Crippen molar-refractivity contribution in [1.82, 2.24) is 5.32 Å². The SMILES string of the molecule is C#CC(C)(C)NCC(C)CC. The Labute approximate surface area is 70.6 Å². The minimum Gasteiger partial charge on any atom is -0.301 e. The fourth-order valence-electron chi connectivity index (χ4n) is 0.625. The van der Waals surface area contributed by atoms with Gasteiger partial charge in [-0.2, -0.15) is 0 Å². The van der Waals surface area contributed by atoms with Crippen LogP contribution in [0.3, 0.4) is 0 Å². The summed E-state index contributed by atoms with van der Waals surface area (Å²) < 4.78 is 0. The first-order valence-electron chi connectivity index (χ1n) is 4.24. The Morgan fingerprint density at radius 1 is 1.55 bits per heavy atom. The Balaban J connectivity index is 3.63. The molecule has 0 radical (unpaired) electrons. The normalized spacial score (nSPS) is 14.1. The van der Waals surface area contributed by atoms with E-state index in [-0.39, 0.29) is 5.54 Å². The summed E-state index contributed by atoms with van der Waals surface area (Å²) in [6.45, 7) is 9.47. The monoisotopic (exact) mass is 153 g/mol. The van der Waals surface area contributed by atoms with Gasteiger partial charge in [0.2, 0.25) is 0 Å². The van der Waals surface area contributed by atoms with Crippen LogP contribution in [0.2, 0.25) is 0 Å². The highest BCUT2D eigenvalue weighted by Crippen LogP contribution is 2.03. The topological polar surface area (TPSA) is 12.0 Å². The fraction of sp³-hybridized carbons (Fsp3) is 0.800. The van der Waals surface area contributed by atoms with Crippen molar-refractivity contribution < 1.29 is 0 Å². The van der Waals surface area contributed by atoms with Gasteiger partial charge in [0.25, 0.3) is 0 Å². The lowest BCUT2D eigenvalue weighted by Crippen LogP contribution is -2.40. The number of rotatable bonds is 4. The molecular weight excluding hydrogens is 134 g/mol. The lowest BCUT2D eigenvalue weighted by molar-refractivity contribution is 0.420. The number of terminal acetylenes is 1. The second kappa shape index (κ2) is 4.41. The van der Waals surface area contributed by atoms with Gasteiger partial charge in [0, 0.05) is 0 Å². The van der Waals surface area contributed by atoms with E-state index >= 15 is 0 Å². The van der Waals surface area contributed by atoms with Gasteiger partial charge in [-0.15, -0.1) is 6.42 Å². The smallest absolute Gasteiger partial charge is 0.0741 e. The number of hydrogen-bond donors (Lipinski definition) is 1. The Bertz CT molecular complexity index is 141. The highest BCUT2D eigenvalue weighted by Gasteiger charge is 2.12. The molecule has 0 bridgehead atoms. The van der Waals surface area contributed by atoms with E-state index in [0.717, 1.165) is 6.54 Å². The average Bonchev–Trinajstić information content (AvgIpc) is 2.00. The van der Waals surface area contributed by atoms with Gasteiger partial charge in [-0.1, -0.05) is 26.2 Å². The molecule has 0 spiro atoms. The fourth-order valence-corrected chi connectivity index (χ4v) is 0.625. The maximum absolute atomic E-state index is 5.32. The van der Waals surface area contributed by atoms with Gasteiger partial charge >= 0.3 is 0 Å². The van der Waals surface area contributed by atoms with Crippen LogP contribution in [0.5, 0.6) is 0 Å². The minimum absolute atomic E-state index is 0.149. The first-order chi connectivity index (χ1) is 5.02. The van der Waals surface area contributed by atoms with Crippen LogP contribution in [0.15, 0.2) is 0 Å². The maximum atomic E-state index is 5.32. The molecule has 1 unspecified atom stereocenters. The first-order valence-corrected chi connectivity index (χ1v) is 4.24. The van der Waals surface area contributed by atoms with E-state index in [4.69, 9.17) is 6.42 Å². The molecule has 0 heterocycles. The summed E-state index contributed by atoms with van der Waals surface area (Å²) in [6.07, 6.45) is 6.52. The van der Waals surface area contributed by atoms with Crippen LogP contribution in [-0.2, 0) is 0 Å². The zero-order valence-electron chi connectivity index (χ0n) is 8.07. The van der Waals surface area contributed by atoms with Crippen LogP contribution < -0.4 is 5.32 Å². The summed E-state index contributed by atoms with van der Waals surface area (Å²) in [5.74, 6) is 3.42. The highest BCUT2D eigenvalue weighted by atomic mass is 14.9. The molecule has 11 heavy (non-hydrogen) atoms. The van der Waals surface area contributed by atoms with E-state index in [1.165, 1.54) is 6.42 Å². The molecule has 0 aliphatic carbocycles. The number of nitrogens with one attached hydrogen (secondary N) is 1. The van der Waals surface area contributed by atoms with E-state index in [0.29, 0.717) is 5.92 Å². The van der Waals surface area contributed by atoms with E-state index in [1.807, 2.05) is 13.8 Å². The third-order valence-corrected chi connectivity index (χ3v) is 1.95. The van der Waals surface area contributed by atoms with Crippen LogP contribution in [0, 0.1) is 18.3 Å². The standard InChI is InChI=1S/C10H19N/c1-6-9(3)8-11-10(4,5)7-2/h2,9,11H,6,8H2,1,3-5H3. The van der Waals surface area contributed by atoms with Crippen molar-refractivity contribution in [2.75, 3.05) is 6.54 Å². The summed E-state index contributed by atoms with van der Waals surface area (Å²) in [5.41, 5.74) is -0.149. The average molecular weight is 153 g/mol. The maximum Gasteiger partial charge on any atom is 0.0741 e. The van der Waals surface area contributed by atoms with Crippen molar-refractivity contribution in [3.8, 4) is 12.3 Å². The molecule has 64 valence electrons. The molecular formula is C10H19N. The van der Waals surface area contributed by atoms with Crippen molar-refractivity contribution in [3.05, 3.63) is 0 Å². The van der Waals surface area contributed by atoms with E-state index < -0.39 is 0 Å². The summed E-state index contributed by atoms with van der Waals surface area (Å²) in [5, 5.41) is 3.32. The van der Waals surface area contributed by atoms with Crippen molar-refractivity contribution in [3.63, 3.8) is 0 Å². The first kappa shape index (κ1) is 10.5. The Hall–Kier alpha value is -0.480. The molecule has 0 saturated heterocycles. The lowest BCUT2D eigenvalue weighted by atomic mass is 10.0. The summed E-state index contributed by atoms with van der Waals surface area (Å²) in [6, 6.07) is 0. The van der Waals surface area contributed by atoms with E-state index in [2.05, 4.69) is 25.1 Å². The van der Waals surface area contributed by atoms with E-state index in [9.17, 15) is 0 Å². The molecule has 1 nitrogen and oxygen atoms in total. The van der Waals surface area contributed by atoms with Gasteiger partial charge < -0.3 is 5.32 Å². The van der Waals surface area contributed by atoms with E-state index in [1.54, 1.807) is 0 Å². The minimum atomic E-state index is -0.149. The zero-order valence-corrected chi connectivity index (χ0v) is 8.07. The molecule has 0 saturated carbocycles. The lowest BCUT2D eigenvalue weighted by Gasteiger charge is -2.21. The molecule has 0 fully saturated rings. The van der Waals surface area contributed by atoms with Gasteiger partial charge in [0.15, 0.2) is 0 Å². The molecule has 1 heteroatoms. The molecule has 0 aliphatic rings. The van der Waals surface area contributed by atoms with Crippen LogP contribution in [-0.4, -0.2) is 12.1 Å². The summed E-state index contributed by atoms with van der Waals surface area (Å²) in [7, 11) is 0. The quantitative estimate of drug-likeness (QED) is 0.609. The second-order valence-corrected chi connectivity index (χ2v) is 3.66. The van der Waals surface area contributed by atoms with Gasteiger partial charge in [-0.3, -0.25) is 0 Å². The molecule has 0 amide bonds. The molecule has 0 aromatic carbocycles. The predicted molar refractivity (Wildman–Crippen MR) is 50.4 cm³/mol. The predicted octanol–water partition coefficient (Wildman–Crippen LogP) is 2.03. The van der Waals surface area contributed by atoms with Crippen molar-refractivity contribution in [2.45, 2.75) is 39.7 Å². The van der Waals surface area contributed by atoms with Crippen LogP contribution in [0.4, 0.5) is 0 Å². The second-order valence-electron chi connectivity index (χ2n) is 3.66. The van der Waals surface area contributed by atoms with Crippen LogP contribution >= 0.6 is 0 Å². The zero-order chi connectivity index (χ0) is 8.91. The Kier molecular flexibility index (Phi) is 4.22. The molecule has 0 rings (SSSR count). The summed E-state index contributed by atoms with van der Waals surface area (Å²) >= 11 is 0. The Morgan fingerprint density at radius 3 is 2.45 bits per heavy atom. The van der Waals surface area contributed by atoms with Gasteiger partial charge in [-0.25, -0.2) is 0 Å². The summed E-state index contributed by atoms with van der Waals surface area (Å²) in [4.78, 5) is 0. The molecule has 0 aromatic heterocycles. The van der Waals surface area contributed by atoms with Crippen LogP contribution in [0.1, 0.15) is 34.1 Å². The van der Waals surface area contributed by atoms with Crippen molar-refractivity contribution >= 4 is 0 Å². The number of hydrogen-bond acceptors (Lipinski definition) is 1. The van der Waals surface area contributed by atoms with Gasteiger partial charge in [-0.05, 0) is 26.3 Å². The third-order valence-electron chi connectivity index (χ3n) is 1.95. The van der Waals surface area contributed by atoms with Crippen molar-refractivity contribution in [2.24, 2.45) is 5.92 Å².